The van der Waals surface area contributed by atoms with Crippen LogP contribution in [0.1, 0.15) is 12.0 Å². The Labute approximate surface area is 148 Å². The molecule has 0 radical (unpaired) electrons. The summed E-state index contributed by atoms with van der Waals surface area (Å²) in [7, 11) is -1.66. The molecule has 0 aliphatic carbocycles. The summed E-state index contributed by atoms with van der Waals surface area (Å²) in [5, 5.41) is 8.76. The predicted molar refractivity (Wildman–Crippen MR) is 92.4 cm³/mol. The first kappa shape index (κ1) is 19.5. The quantitative estimate of drug-likeness (QED) is 0.750. The first-order valence-corrected chi connectivity index (χ1v) is 9.83. The minimum Gasteiger partial charge on any atom is -0.493 e. The van der Waals surface area contributed by atoms with Crippen molar-refractivity contribution >= 4 is 16.0 Å². The first-order chi connectivity index (χ1) is 11.8. The Balaban J connectivity index is 2.04. The second kappa shape index (κ2) is 8.50. The standard InChI is InChI=1S/C16H24N2O6S/c1-23-14-5-4-13(10-15(14)24-12-16(19)20)11-17-6-3-7-18(9-8-17)25(2,21)22/h4-5,10H,3,6-9,11-12H2,1-2H3,(H,19,20). The molecular weight excluding hydrogens is 348 g/mol. The van der Waals surface area contributed by atoms with Gasteiger partial charge in [0.25, 0.3) is 0 Å². The van der Waals surface area contributed by atoms with Crippen molar-refractivity contribution in [2.45, 2.75) is 13.0 Å². The molecule has 1 fully saturated rings. The summed E-state index contributed by atoms with van der Waals surface area (Å²) in [4.78, 5) is 12.9. The number of hydrogen-bond donors (Lipinski definition) is 1. The minimum absolute atomic E-state index is 0.384. The molecule has 1 saturated heterocycles. The van der Waals surface area contributed by atoms with Gasteiger partial charge >= 0.3 is 5.97 Å². The highest BCUT2D eigenvalue weighted by atomic mass is 32.2. The van der Waals surface area contributed by atoms with Gasteiger partial charge < -0.3 is 14.6 Å². The fourth-order valence-corrected chi connectivity index (χ4v) is 3.64. The highest BCUT2D eigenvalue weighted by Gasteiger charge is 2.21. The summed E-state index contributed by atoms with van der Waals surface area (Å²) < 4.78 is 35.3. The zero-order valence-electron chi connectivity index (χ0n) is 14.5. The van der Waals surface area contributed by atoms with Crippen molar-refractivity contribution in [2.24, 2.45) is 0 Å². The Bertz CT molecular complexity index is 707. The lowest BCUT2D eigenvalue weighted by atomic mass is 10.2. The van der Waals surface area contributed by atoms with Crippen LogP contribution in [0, 0.1) is 0 Å². The van der Waals surface area contributed by atoms with Gasteiger partial charge in [0.05, 0.1) is 13.4 Å². The van der Waals surface area contributed by atoms with Crippen LogP contribution in [0.5, 0.6) is 11.5 Å². The lowest BCUT2D eigenvalue weighted by Crippen LogP contribution is -2.34. The van der Waals surface area contributed by atoms with Crippen LogP contribution in [0.15, 0.2) is 18.2 Å². The molecular formula is C16H24N2O6S. The van der Waals surface area contributed by atoms with Crippen LogP contribution in [-0.4, -0.2) is 74.9 Å². The van der Waals surface area contributed by atoms with Crippen molar-refractivity contribution in [1.82, 2.24) is 9.21 Å². The average Bonchev–Trinajstić information content (AvgIpc) is 2.78. The maximum absolute atomic E-state index is 11.7. The van der Waals surface area contributed by atoms with Gasteiger partial charge in [-0.2, -0.15) is 0 Å². The van der Waals surface area contributed by atoms with E-state index in [9.17, 15) is 13.2 Å². The van der Waals surface area contributed by atoms with Crippen molar-refractivity contribution in [3.8, 4) is 11.5 Å². The highest BCUT2D eigenvalue weighted by Crippen LogP contribution is 2.28. The Morgan fingerprint density at radius 2 is 1.96 bits per heavy atom. The van der Waals surface area contributed by atoms with Crippen molar-refractivity contribution in [3.05, 3.63) is 23.8 Å². The van der Waals surface area contributed by atoms with E-state index in [0.29, 0.717) is 37.7 Å². The summed E-state index contributed by atoms with van der Waals surface area (Å²) in [5.74, 6) is -0.194. The van der Waals surface area contributed by atoms with Gasteiger partial charge in [-0.25, -0.2) is 17.5 Å². The van der Waals surface area contributed by atoms with Crippen LogP contribution in [-0.2, 0) is 21.4 Å². The van der Waals surface area contributed by atoms with Crippen LogP contribution in [0.3, 0.4) is 0 Å². The van der Waals surface area contributed by atoms with Gasteiger partial charge in [0.1, 0.15) is 0 Å². The van der Waals surface area contributed by atoms with Crippen LogP contribution in [0.2, 0.25) is 0 Å². The molecule has 0 spiro atoms. The second-order valence-corrected chi connectivity index (χ2v) is 7.94. The molecule has 0 aromatic heterocycles. The molecule has 1 aromatic carbocycles. The normalized spacial score (nSPS) is 17.0. The van der Waals surface area contributed by atoms with Crippen LogP contribution in [0.4, 0.5) is 0 Å². The molecule has 0 bridgehead atoms. The number of carboxylic acids is 1. The number of nitrogens with zero attached hydrogens (tertiary/aromatic N) is 2. The fraction of sp³-hybridized carbons (Fsp3) is 0.562. The summed E-state index contributed by atoms with van der Waals surface area (Å²) in [5.41, 5.74) is 0.953. The molecule has 1 aliphatic rings. The lowest BCUT2D eigenvalue weighted by molar-refractivity contribution is -0.139. The number of rotatable bonds is 7. The smallest absolute Gasteiger partial charge is 0.341 e. The van der Waals surface area contributed by atoms with E-state index < -0.39 is 22.6 Å². The Morgan fingerprint density at radius 3 is 2.60 bits per heavy atom. The van der Waals surface area contributed by atoms with E-state index in [0.717, 1.165) is 18.5 Å². The average molecular weight is 372 g/mol. The molecule has 1 aromatic rings. The summed E-state index contributed by atoms with van der Waals surface area (Å²) in [6.45, 7) is 2.63. The maximum Gasteiger partial charge on any atom is 0.341 e. The monoisotopic (exact) mass is 372 g/mol. The van der Waals surface area contributed by atoms with Gasteiger partial charge in [-0.05, 0) is 30.7 Å². The SMILES string of the molecule is COc1ccc(CN2CCCN(S(C)(=O)=O)CC2)cc1OCC(=O)O. The first-order valence-electron chi connectivity index (χ1n) is 7.98. The second-order valence-electron chi connectivity index (χ2n) is 5.96. The van der Waals surface area contributed by atoms with Gasteiger partial charge in [0.15, 0.2) is 18.1 Å². The van der Waals surface area contributed by atoms with Gasteiger partial charge in [-0.15, -0.1) is 0 Å². The molecule has 9 heteroatoms. The molecule has 0 amide bonds. The Kier molecular flexibility index (Phi) is 6.63. The summed E-state index contributed by atoms with van der Waals surface area (Å²) in [6.07, 6.45) is 2.00. The third-order valence-electron chi connectivity index (χ3n) is 4.00. The van der Waals surface area contributed by atoms with E-state index >= 15 is 0 Å². The molecule has 2 rings (SSSR count). The van der Waals surface area contributed by atoms with Crippen molar-refractivity contribution < 1.29 is 27.8 Å². The lowest BCUT2D eigenvalue weighted by Gasteiger charge is -2.21. The Hall–Kier alpha value is -1.84. The summed E-state index contributed by atoms with van der Waals surface area (Å²) >= 11 is 0. The number of ether oxygens (including phenoxy) is 2. The topological polar surface area (TPSA) is 96.4 Å². The molecule has 1 aliphatic heterocycles. The largest absolute Gasteiger partial charge is 0.493 e. The molecule has 0 unspecified atom stereocenters. The van der Waals surface area contributed by atoms with Crippen LogP contribution in [0.25, 0.3) is 0 Å². The van der Waals surface area contributed by atoms with Crippen molar-refractivity contribution in [3.63, 3.8) is 0 Å². The molecule has 1 heterocycles. The number of aliphatic carboxylic acids is 1. The van der Waals surface area contributed by atoms with Gasteiger partial charge in [-0.3, -0.25) is 4.90 Å². The van der Waals surface area contributed by atoms with Gasteiger partial charge in [0, 0.05) is 26.2 Å². The zero-order valence-corrected chi connectivity index (χ0v) is 15.3. The minimum atomic E-state index is -3.16. The van der Waals surface area contributed by atoms with Crippen LogP contribution < -0.4 is 9.47 Å². The number of carbonyl (C=O) groups is 1. The number of benzene rings is 1. The fourth-order valence-electron chi connectivity index (χ4n) is 2.77. The summed E-state index contributed by atoms with van der Waals surface area (Å²) in [6, 6.07) is 5.40. The zero-order chi connectivity index (χ0) is 18.4. The molecule has 0 atom stereocenters. The molecule has 8 nitrogen and oxygen atoms in total. The van der Waals surface area contributed by atoms with E-state index in [1.165, 1.54) is 17.7 Å². The molecule has 25 heavy (non-hydrogen) atoms. The van der Waals surface area contributed by atoms with Crippen molar-refractivity contribution in [1.29, 1.82) is 0 Å². The predicted octanol–water partition coefficient (Wildman–Crippen LogP) is 0.626. The third kappa shape index (κ3) is 5.87. The van der Waals surface area contributed by atoms with E-state index in [1.54, 1.807) is 12.1 Å². The van der Waals surface area contributed by atoms with Crippen molar-refractivity contribution in [2.75, 3.05) is 46.2 Å². The highest BCUT2D eigenvalue weighted by molar-refractivity contribution is 7.88. The molecule has 1 N–H and O–H groups in total. The maximum atomic E-state index is 11.7. The third-order valence-corrected chi connectivity index (χ3v) is 5.31. The van der Waals surface area contributed by atoms with E-state index in [2.05, 4.69) is 4.90 Å². The number of sulfonamides is 1. The Morgan fingerprint density at radius 1 is 1.20 bits per heavy atom. The van der Waals surface area contributed by atoms with Crippen LogP contribution >= 0.6 is 0 Å². The van der Waals surface area contributed by atoms with Gasteiger partial charge in [0.2, 0.25) is 10.0 Å². The molecule has 0 saturated carbocycles. The number of hydrogen-bond acceptors (Lipinski definition) is 6. The number of carboxylic acid groups (broad SMARTS) is 1. The molecule has 140 valence electrons. The van der Waals surface area contributed by atoms with E-state index in [-0.39, 0.29) is 0 Å². The van der Waals surface area contributed by atoms with Gasteiger partial charge in [-0.1, -0.05) is 6.07 Å². The van der Waals surface area contributed by atoms with E-state index in [4.69, 9.17) is 14.6 Å². The number of methoxy groups -OCH3 is 1. The van der Waals surface area contributed by atoms with E-state index in [1.807, 2.05) is 6.07 Å².